The number of morpholine rings is 1. The molecule has 4 rings (SSSR count). The SMILES string of the molecule is COc1ccc(NS(=O)(=O)c2cc(NC(=O)/C=C/c3cnn(C)c3)ccc2N2CCOCC2)cc1. The smallest absolute Gasteiger partial charge is 0.264 e. The number of aromatic nitrogens is 2. The minimum absolute atomic E-state index is 0.0595. The molecule has 2 aromatic carbocycles. The fourth-order valence-corrected chi connectivity index (χ4v) is 4.93. The Morgan fingerprint density at radius 1 is 1.11 bits per heavy atom. The normalized spacial score (nSPS) is 14.2. The third-order valence-corrected chi connectivity index (χ3v) is 6.77. The fourth-order valence-electron chi connectivity index (χ4n) is 3.62. The van der Waals surface area contributed by atoms with Gasteiger partial charge in [-0.05, 0) is 48.5 Å². The minimum atomic E-state index is -3.98. The summed E-state index contributed by atoms with van der Waals surface area (Å²) in [6.45, 7) is 2.13. The highest BCUT2D eigenvalue weighted by atomic mass is 32.2. The van der Waals surface area contributed by atoms with Gasteiger partial charge in [-0.2, -0.15) is 5.10 Å². The number of carbonyl (C=O) groups excluding carboxylic acids is 1. The number of aryl methyl sites for hydroxylation is 1. The molecule has 184 valence electrons. The van der Waals surface area contributed by atoms with Crippen molar-refractivity contribution < 1.29 is 22.7 Å². The summed E-state index contributed by atoms with van der Waals surface area (Å²) in [5.41, 5.74) is 2.07. The van der Waals surface area contributed by atoms with E-state index in [-0.39, 0.29) is 10.8 Å². The molecule has 1 fully saturated rings. The van der Waals surface area contributed by atoms with Gasteiger partial charge in [0.1, 0.15) is 10.6 Å². The van der Waals surface area contributed by atoms with E-state index in [4.69, 9.17) is 9.47 Å². The Kier molecular flexibility index (Phi) is 7.37. The first kappa shape index (κ1) is 24.3. The number of hydrogen-bond donors (Lipinski definition) is 2. The van der Waals surface area contributed by atoms with Gasteiger partial charge in [0.25, 0.3) is 10.0 Å². The maximum atomic E-state index is 13.4. The van der Waals surface area contributed by atoms with Crippen LogP contribution < -0.4 is 19.7 Å². The Bertz CT molecular complexity index is 1310. The third-order valence-electron chi connectivity index (χ3n) is 5.36. The summed E-state index contributed by atoms with van der Waals surface area (Å²) >= 11 is 0. The maximum absolute atomic E-state index is 13.4. The number of methoxy groups -OCH3 is 1. The van der Waals surface area contributed by atoms with E-state index < -0.39 is 10.0 Å². The van der Waals surface area contributed by atoms with Crippen LogP contribution in [0.4, 0.5) is 17.1 Å². The molecule has 0 unspecified atom stereocenters. The van der Waals surface area contributed by atoms with E-state index in [0.717, 1.165) is 5.56 Å². The molecule has 2 heterocycles. The highest BCUT2D eigenvalue weighted by Gasteiger charge is 2.24. The van der Waals surface area contributed by atoms with Crippen LogP contribution >= 0.6 is 0 Å². The summed E-state index contributed by atoms with van der Waals surface area (Å²) in [5.74, 6) is 0.227. The van der Waals surface area contributed by atoms with Crippen LogP contribution in [0.2, 0.25) is 0 Å². The molecular formula is C24H27N5O5S. The first-order valence-corrected chi connectivity index (χ1v) is 12.4. The summed E-state index contributed by atoms with van der Waals surface area (Å²) in [6, 6.07) is 11.4. The highest BCUT2D eigenvalue weighted by molar-refractivity contribution is 7.92. The van der Waals surface area contributed by atoms with Gasteiger partial charge >= 0.3 is 0 Å². The van der Waals surface area contributed by atoms with Crippen LogP contribution in [-0.4, -0.2) is 57.5 Å². The van der Waals surface area contributed by atoms with Crippen LogP contribution in [-0.2, 0) is 26.6 Å². The summed E-state index contributed by atoms with van der Waals surface area (Å²) < 4.78 is 41.7. The van der Waals surface area contributed by atoms with Crippen LogP contribution in [0.3, 0.4) is 0 Å². The molecule has 10 nitrogen and oxygen atoms in total. The molecule has 0 saturated carbocycles. The molecule has 0 radical (unpaired) electrons. The zero-order valence-corrected chi connectivity index (χ0v) is 20.3. The molecule has 0 bridgehead atoms. The van der Waals surface area contributed by atoms with Crippen LogP contribution in [0.5, 0.6) is 5.75 Å². The molecule has 0 atom stereocenters. The second-order valence-corrected chi connectivity index (χ2v) is 9.54. The van der Waals surface area contributed by atoms with Crippen molar-refractivity contribution >= 4 is 39.1 Å². The number of anilines is 3. The number of ether oxygens (including phenoxy) is 2. The average Bonchev–Trinajstić information content (AvgIpc) is 3.28. The largest absolute Gasteiger partial charge is 0.497 e. The number of hydrogen-bond acceptors (Lipinski definition) is 7. The predicted octanol–water partition coefficient (Wildman–Crippen LogP) is 2.72. The topological polar surface area (TPSA) is 115 Å². The first-order chi connectivity index (χ1) is 16.8. The standard InChI is InChI=1S/C24H27N5O5S/c1-28-17-18(16-25-28)3-10-24(30)26-20-6-9-22(29-11-13-34-14-12-29)23(15-20)35(31,32)27-19-4-7-21(33-2)8-5-19/h3-10,15-17,27H,11-14H2,1-2H3,(H,26,30)/b10-3+. The predicted molar refractivity (Wildman–Crippen MR) is 134 cm³/mol. The summed E-state index contributed by atoms with van der Waals surface area (Å²) in [7, 11) is -0.649. The van der Waals surface area contributed by atoms with Crippen molar-refractivity contribution in [3.05, 3.63) is 66.5 Å². The summed E-state index contributed by atoms with van der Waals surface area (Å²) in [6.07, 6.45) is 6.41. The number of nitrogens with zero attached hydrogens (tertiary/aromatic N) is 3. The van der Waals surface area contributed by atoms with Crippen molar-refractivity contribution in [1.29, 1.82) is 0 Å². The molecule has 3 aromatic rings. The molecule has 2 N–H and O–H groups in total. The second kappa shape index (κ2) is 10.6. The van der Waals surface area contributed by atoms with Crippen molar-refractivity contribution in [1.82, 2.24) is 9.78 Å². The van der Waals surface area contributed by atoms with Crippen molar-refractivity contribution in [3.63, 3.8) is 0 Å². The lowest BCUT2D eigenvalue weighted by Crippen LogP contribution is -2.37. The van der Waals surface area contributed by atoms with Crippen LogP contribution in [0.25, 0.3) is 6.08 Å². The summed E-state index contributed by atoms with van der Waals surface area (Å²) in [5, 5.41) is 6.79. The second-order valence-electron chi connectivity index (χ2n) is 7.89. The molecule has 1 aliphatic rings. The summed E-state index contributed by atoms with van der Waals surface area (Å²) in [4.78, 5) is 14.5. The van der Waals surface area contributed by atoms with Gasteiger partial charge in [-0.25, -0.2) is 8.42 Å². The Labute approximate surface area is 204 Å². The van der Waals surface area contributed by atoms with Gasteiger partial charge in [0.2, 0.25) is 5.91 Å². The first-order valence-electron chi connectivity index (χ1n) is 11.0. The molecule has 35 heavy (non-hydrogen) atoms. The Morgan fingerprint density at radius 2 is 1.83 bits per heavy atom. The molecule has 1 saturated heterocycles. The molecule has 1 aromatic heterocycles. The van der Waals surface area contributed by atoms with E-state index >= 15 is 0 Å². The lowest BCUT2D eigenvalue weighted by atomic mass is 10.2. The lowest BCUT2D eigenvalue weighted by Gasteiger charge is -2.30. The molecule has 1 aliphatic heterocycles. The van der Waals surface area contributed by atoms with Crippen LogP contribution in [0.1, 0.15) is 5.56 Å². The van der Waals surface area contributed by atoms with Crippen molar-refractivity contribution in [3.8, 4) is 5.75 Å². The fraction of sp³-hybridized carbons (Fsp3) is 0.250. The van der Waals surface area contributed by atoms with E-state index in [1.807, 2.05) is 4.90 Å². The molecule has 0 aliphatic carbocycles. The van der Waals surface area contributed by atoms with Crippen molar-refractivity contribution in [2.75, 3.05) is 48.4 Å². The van der Waals surface area contributed by atoms with Gasteiger partial charge in [-0.15, -0.1) is 0 Å². The number of rotatable bonds is 8. The van der Waals surface area contributed by atoms with Gasteiger partial charge in [-0.1, -0.05) is 0 Å². The van der Waals surface area contributed by atoms with Gasteiger partial charge in [0.05, 0.1) is 32.2 Å². The van der Waals surface area contributed by atoms with E-state index in [2.05, 4.69) is 15.1 Å². The van der Waals surface area contributed by atoms with E-state index in [0.29, 0.717) is 49.1 Å². The number of benzene rings is 2. The van der Waals surface area contributed by atoms with E-state index in [1.54, 1.807) is 73.7 Å². The van der Waals surface area contributed by atoms with Crippen molar-refractivity contribution in [2.45, 2.75) is 4.90 Å². The Morgan fingerprint density at radius 3 is 2.49 bits per heavy atom. The van der Waals surface area contributed by atoms with Gasteiger partial charge in [0, 0.05) is 49.3 Å². The van der Waals surface area contributed by atoms with Crippen molar-refractivity contribution in [2.24, 2.45) is 7.05 Å². The Balaban J connectivity index is 1.60. The monoisotopic (exact) mass is 497 g/mol. The van der Waals surface area contributed by atoms with Crippen LogP contribution in [0, 0.1) is 0 Å². The minimum Gasteiger partial charge on any atom is -0.497 e. The average molecular weight is 498 g/mol. The maximum Gasteiger partial charge on any atom is 0.264 e. The quantitative estimate of drug-likeness (QED) is 0.460. The number of sulfonamides is 1. The van der Waals surface area contributed by atoms with Crippen LogP contribution in [0.15, 0.2) is 65.8 Å². The molecule has 0 spiro atoms. The lowest BCUT2D eigenvalue weighted by molar-refractivity contribution is -0.111. The third kappa shape index (κ3) is 6.19. The number of carbonyl (C=O) groups is 1. The zero-order valence-electron chi connectivity index (χ0n) is 19.5. The van der Waals surface area contributed by atoms with E-state index in [1.165, 1.54) is 12.1 Å². The number of amides is 1. The zero-order chi connectivity index (χ0) is 24.8. The Hall–Kier alpha value is -3.83. The van der Waals surface area contributed by atoms with E-state index in [9.17, 15) is 13.2 Å². The number of nitrogens with one attached hydrogen (secondary N) is 2. The molecular weight excluding hydrogens is 470 g/mol. The van der Waals surface area contributed by atoms with Gasteiger partial charge in [0.15, 0.2) is 0 Å². The van der Waals surface area contributed by atoms with Gasteiger partial charge < -0.3 is 19.7 Å². The highest BCUT2D eigenvalue weighted by Crippen LogP contribution is 2.31. The molecule has 1 amide bonds. The molecule has 11 heteroatoms. The van der Waals surface area contributed by atoms with Gasteiger partial charge in [-0.3, -0.25) is 14.2 Å².